The average Bonchev–Trinajstić information content (AvgIpc) is 2.85. The Balaban J connectivity index is 1.70. The summed E-state index contributed by atoms with van der Waals surface area (Å²) in [5.74, 6) is 0. The van der Waals surface area contributed by atoms with Crippen molar-refractivity contribution < 1.29 is 4.74 Å². The van der Waals surface area contributed by atoms with Crippen LogP contribution in [0.1, 0.15) is 22.3 Å². The van der Waals surface area contributed by atoms with E-state index in [1.54, 1.807) is 0 Å². The Labute approximate surface area is 191 Å². The number of para-hydroxylation sites is 1. The Hall–Kier alpha value is -3.14. The van der Waals surface area contributed by atoms with Gasteiger partial charge in [-0.15, -0.1) is 0 Å². The lowest BCUT2D eigenvalue weighted by molar-refractivity contribution is -0.0201. The fourth-order valence-corrected chi connectivity index (χ4v) is 4.67. The van der Waals surface area contributed by atoms with Gasteiger partial charge in [0.05, 0.1) is 0 Å². The monoisotopic (exact) mass is 467 g/mol. The molecule has 31 heavy (non-hydrogen) atoms. The molecular weight excluding hydrogens is 446 g/mol. The van der Waals surface area contributed by atoms with Crippen LogP contribution in [0.4, 0.5) is 5.69 Å². The van der Waals surface area contributed by atoms with Crippen LogP contribution in [-0.4, -0.2) is 6.23 Å². The molecule has 1 atom stereocenters. The summed E-state index contributed by atoms with van der Waals surface area (Å²) in [6.07, 6.45) is 1.75. The van der Waals surface area contributed by atoms with Crippen molar-refractivity contribution in [3.63, 3.8) is 0 Å². The first-order chi connectivity index (χ1) is 15.3. The summed E-state index contributed by atoms with van der Waals surface area (Å²) in [6.45, 7) is 0. The van der Waals surface area contributed by atoms with Crippen molar-refractivity contribution in [1.29, 1.82) is 0 Å². The van der Waals surface area contributed by atoms with Crippen LogP contribution in [0.2, 0.25) is 0 Å². The van der Waals surface area contributed by atoms with Crippen molar-refractivity contribution >= 4 is 27.7 Å². The van der Waals surface area contributed by atoms with Crippen molar-refractivity contribution in [1.82, 2.24) is 0 Å². The third kappa shape index (κ3) is 3.71. The van der Waals surface area contributed by atoms with E-state index in [0.29, 0.717) is 0 Å². The number of hydrogen-bond acceptors (Lipinski definition) is 2. The van der Waals surface area contributed by atoms with E-state index in [1.165, 1.54) is 0 Å². The topological polar surface area (TPSA) is 21.3 Å². The van der Waals surface area contributed by atoms with Crippen LogP contribution < -0.4 is 5.32 Å². The molecule has 0 spiro atoms. The SMILES string of the molecule is BrC(=Cc1ccccc1)C1Nc2ccccc2C(c2ccccc2)(c2ccccc2)O1. The first-order valence-corrected chi connectivity index (χ1v) is 11.1. The van der Waals surface area contributed by atoms with Gasteiger partial charge in [0.15, 0.2) is 6.23 Å². The smallest absolute Gasteiger partial charge is 0.162 e. The molecule has 4 aromatic rings. The van der Waals surface area contributed by atoms with Crippen molar-refractivity contribution in [2.24, 2.45) is 0 Å². The minimum absolute atomic E-state index is 0.351. The number of rotatable bonds is 4. The second-order valence-corrected chi connectivity index (χ2v) is 8.46. The van der Waals surface area contributed by atoms with E-state index in [4.69, 9.17) is 4.74 Å². The van der Waals surface area contributed by atoms with Gasteiger partial charge in [-0.3, -0.25) is 0 Å². The van der Waals surface area contributed by atoms with Crippen LogP contribution in [0.3, 0.4) is 0 Å². The second kappa shape index (κ2) is 8.54. The lowest BCUT2D eigenvalue weighted by Crippen LogP contribution is -2.44. The Bertz CT molecular complexity index is 1150. The minimum atomic E-state index is -0.738. The third-order valence-electron chi connectivity index (χ3n) is 5.60. The molecule has 2 nitrogen and oxygen atoms in total. The van der Waals surface area contributed by atoms with Gasteiger partial charge in [-0.1, -0.05) is 125 Å². The molecule has 0 saturated carbocycles. The molecule has 152 valence electrons. The van der Waals surface area contributed by atoms with Crippen molar-refractivity contribution in [2.75, 3.05) is 5.32 Å². The zero-order valence-corrected chi connectivity index (χ0v) is 18.5. The molecule has 4 aromatic carbocycles. The maximum absolute atomic E-state index is 6.98. The van der Waals surface area contributed by atoms with Gasteiger partial charge in [0.2, 0.25) is 0 Å². The number of hydrogen-bond donors (Lipinski definition) is 1. The zero-order valence-electron chi connectivity index (χ0n) is 16.9. The summed E-state index contributed by atoms with van der Waals surface area (Å²) in [4.78, 5) is 0. The van der Waals surface area contributed by atoms with Gasteiger partial charge in [-0.25, -0.2) is 0 Å². The van der Waals surface area contributed by atoms with Gasteiger partial charge in [0, 0.05) is 15.7 Å². The summed E-state index contributed by atoms with van der Waals surface area (Å²) < 4.78 is 7.92. The van der Waals surface area contributed by atoms with Crippen molar-refractivity contribution in [2.45, 2.75) is 11.8 Å². The molecule has 0 radical (unpaired) electrons. The summed E-state index contributed by atoms with van der Waals surface area (Å²) in [5.41, 5.74) is 4.73. The molecule has 1 heterocycles. The molecule has 5 rings (SSSR count). The van der Waals surface area contributed by atoms with E-state index in [-0.39, 0.29) is 6.23 Å². The summed E-state index contributed by atoms with van der Waals surface area (Å²) in [7, 11) is 0. The molecule has 0 amide bonds. The highest BCUT2D eigenvalue weighted by Gasteiger charge is 2.45. The van der Waals surface area contributed by atoms with Gasteiger partial charge in [0.1, 0.15) is 5.60 Å². The Morgan fingerprint density at radius 2 is 1.23 bits per heavy atom. The molecule has 0 fully saturated rings. The number of anilines is 1. The number of benzene rings is 4. The highest BCUT2D eigenvalue weighted by atomic mass is 79.9. The Morgan fingerprint density at radius 1 is 0.710 bits per heavy atom. The predicted molar refractivity (Wildman–Crippen MR) is 131 cm³/mol. The van der Waals surface area contributed by atoms with Gasteiger partial charge in [-0.05, 0) is 28.8 Å². The molecule has 0 aromatic heterocycles. The summed E-state index contributed by atoms with van der Waals surface area (Å²) in [6, 6.07) is 39.6. The summed E-state index contributed by atoms with van der Waals surface area (Å²) in [5, 5.41) is 3.57. The molecule has 1 N–H and O–H groups in total. The van der Waals surface area contributed by atoms with Gasteiger partial charge in [-0.2, -0.15) is 0 Å². The van der Waals surface area contributed by atoms with E-state index >= 15 is 0 Å². The fraction of sp³-hybridized carbons (Fsp3) is 0.0714. The molecule has 1 aliphatic heterocycles. The quantitative estimate of drug-likeness (QED) is 0.343. The minimum Gasteiger partial charge on any atom is -0.356 e. The Kier molecular flexibility index (Phi) is 5.46. The number of ether oxygens (including phenoxy) is 1. The van der Waals surface area contributed by atoms with Crippen LogP contribution in [0.5, 0.6) is 0 Å². The zero-order chi connectivity index (χ0) is 21.1. The van der Waals surface area contributed by atoms with Crippen LogP contribution >= 0.6 is 15.9 Å². The van der Waals surface area contributed by atoms with Crippen molar-refractivity contribution in [3.05, 3.63) is 142 Å². The molecule has 0 saturated heterocycles. The largest absolute Gasteiger partial charge is 0.356 e. The average molecular weight is 468 g/mol. The maximum Gasteiger partial charge on any atom is 0.162 e. The van der Waals surface area contributed by atoms with E-state index in [1.807, 2.05) is 30.3 Å². The number of nitrogens with one attached hydrogen (secondary N) is 1. The van der Waals surface area contributed by atoms with Gasteiger partial charge >= 0.3 is 0 Å². The van der Waals surface area contributed by atoms with Crippen LogP contribution in [-0.2, 0) is 10.3 Å². The standard InChI is InChI=1S/C28H22BrNO/c29-25(20-21-12-4-1-5-13-21)27-30-26-19-11-10-18-24(26)28(31-27,22-14-6-2-7-15-22)23-16-8-3-9-17-23/h1-20,27,30H. The van der Waals surface area contributed by atoms with E-state index < -0.39 is 5.60 Å². The first kappa shape index (κ1) is 19.8. The van der Waals surface area contributed by atoms with Crippen LogP contribution in [0.25, 0.3) is 6.08 Å². The normalized spacial score (nSPS) is 17.5. The Morgan fingerprint density at radius 3 is 1.84 bits per heavy atom. The van der Waals surface area contributed by atoms with Gasteiger partial charge in [0.25, 0.3) is 0 Å². The lowest BCUT2D eigenvalue weighted by atomic mass is 9.78. The summed E-state index contributed by atoms with van der Waals surface area (Å²) >= 11 is 3.80. The third-order valence-corrected chi connectivity index (χ3v) is 6.25. The lowest BCUT2D eigenvalue weighted by Gasteiger charge is -2.44. The molecular formula is C28H22BrNO. The molecule has 3 heteroatoms. The molecule has 1 aliphatic rings. The van der Waals surface area contributed by atoms with Crippen LogP contribution in [0, 0.1) is 0 Å². The second-order valence-electron chi connectivity index (χ2n) is 7.54. The van der Waals surface area contributed by atoms with Gasteiger partial charge < -0.3 is 10.1 Å². The first-order valence-electron chi connectivity index (χ1n) is 10.3. The highest BCUT2D eigenvalue weighted by Crippen LogP contribution is 2.48. The van der Waals surface area contributed by atoms with E-state index in [2.05, 4.69) is 112 Å². The van der Waals surface area contributed by atoms with E-state index in [9.17, 15) is 0 Å². The fourth-order valence-electron chi connectivity index (χ4n) is 4.20. The van der Waals surface area contributed by atoms with Crippen molar-refractivity contribution in [3.8, 4) is 0 Å². The number of halogens is 1. The van der Waals surface area contributed by atoms with E-state index in [0.717, 1.165) is 32.4 Å². The maximum atomic E-state index is 6.98. The van der Waals surface area contributed by atoms with Crippen LogP contribution in [0.15, 0.2) is 120 Å². The molecule has 0 aliphatic carbocycles. The highest BCUT2D eigenvalue weighted by molar-refractivity contribution is 9.11. The predicted octanol–water partition coefficient (Wildman–Crippen LogP) is 7.18. The molecule has 1 unspecified atom stereocenters. The molecule has 0 bridgehead atoms. The number of fused-ring (bicyclic) bond motifs is 1.